The van der Waals surface area contributed by atoms with Gasteiger partial charge in [-0.05, 0) is 62.0 Å². The fourth-order valence-electron chi connectivity index (χ4n) is 2.90. The van der Waals surface area contributed by atoms with Gasteiger partial charge in [0.25, 0.3) is 0 Å². The average Bonchev–Trinajstić information content (AvgIpc) is 3.01. The lowest BCUT2D eigenvalue weighted by atomic mass is 9.86. The van der Waals surface area contributed by atoms with Crippen LogP contribution in [0.3, 0.4) is 0 Å². The summed E-state index contributed by atoms with van der Waals surface area (Å²) in [6.07, 6.45) is 5.49. The SMILES string of the molecule is CC(CCc1ccc(C(C)(C)C)cc1)CCC1OC1(C)C. The molecule has 1 heteroatoms. The Hall–Kier alpha value is -0.820. The summed E-state index contributed by atoms with van der Waals surface area (Å²) in [5.74, 6) is 0.785. The van der Waals surface area contributed by atoms with Crippen molar-refractivity contribution >= 4 is 0 Å². The highest BCUT2D eigenvalue weighted by atomic mass is 16.6. The third-order valence-corrected chi connectivity index (χ3v) is 4.83. The van der Waals surface area contributed by atoms with Crippen molar-refractivity contribution < 1.29 is 4.74 Å². The fourth-order valence-corrected chi connectivity index (χ4v) is 2.90. The molecule has 0 radical (unpaired) electrons. The molecule has 118 valence electrons. The van der Waals surface area contributed by atoms with Gasteiger partial charge in [0.05, 0.1) is 11.7 Å². The van der Waals surface area contributed by atoms with E-state index in [1.165, 1.54) is 36.8 Å². The molecule has 1 saturated heterocycles. The zero-order chi connectivity index (χ0) is 15.7. The van der Waals surface area contributed by atoms with Gasteiger partial charge in [-0.2, -0.15) is 0 Å². The van der Waals surface area contributed by atoms with Gasteiger partial charge in [-0.1, -0.05) is 52.0 Å². The molecule has 1 aliphatic rings. The summed E-state index contributed by atoms with van der Waals surface area (Å²) in [4.78, 5) is 0. The molecule has 0 spiro atoms. The van der Waals surface area contributed by atoms with Gasteiger partial charge in [0.2, 0.25) is 0 Å². The van der Waals surface area contributed by atoms with Gasteiger partial charge in [0.15, 0.2) is 0 Å². The van der Waals surface area contributed by atoms with Crippen LogP contribution < -0.4 is 0 Å². The first-order chi connectivity index (χ1) is 9.68. The van der Waals surface area contributed by atoms with Gasteiger partial charge in [-0.25, -0.2) is 0 Å². The number of rotatable bonds is 6. The van der Waals surface area contributed by atoms with E-state index in [2.05, 4.69) is 65.8 Å². The second-order valence-corrected chi connectivity index (χ2v) is 8.38. The predicted octanol–water partition coefficient (Wildman–Crippen LogP) is 5.51. The predicted molar refractivity (Wildman–Crippen MR) is 90.8 cm³/mol. The van der Waals surface area contributed by atoms with Gasteiger partial charge < -0.3 is 4.74 Å². The molecule has 1 nitrogen and oxygen atoms in total. The molecule has 2 rings (SSSR count). The summed E-state index contributed by atoms with van der Waals surface area (Å²) in [5.41, 5.74) is 3.30. The largest absolute Gasteiger partial charge is 0.367 e. The first kappa shape index (κ1) is 16.5. The highest BCUT2D eigenvalue weighted by molar-refractivity contribution is 5.27. The molecule has 0 saturated carbocycles. The van der Waals surface area contributed by atoms with Crippen molar-refractivity contribution in [2.24, 2.45) is 5.92 Å². The molecule has 1 heterocycles. The Morgan fingerprint density at radius 2 is 1.67 bits per heavy atom. The molecule has 21 heavy (non-hydrogen) atoms. The number of benzene rings is 1. The van der Waals surface area contributed by atoms with E-state index in [-0.39, 0.29) is 11.0 Å². The molecule has 1 fully saturated rings. The number of aryl methyl sites for hydroxylation is 1. The summed E-state index contributed by atoms with van der Waals surface area (Å²) < 4.78 is 5.66. The topological polar surface area (TPSA) is 12.5 Å². The summed E-state index contributed by atoms with van der Waals surface area (Å²) in [6, 6.07) is 9.20. The Labute approximate surface area is 131 Å². The van der Waals surface area contributed by atoms with E-state index >= 15 is 0 Å². The minimum absolute atomic E-state index is 0.155. The maximum Gasteiger partial charge on any atom is 0.0892 e. The van der Waals surface area contributed by atoms with Crippen LogP contribution in [-0.2, 0) is 16.6 Å². The number of ether oxygens (including phenoxy) is 1. The van der Waals surface area contributed by atoms with E-state index in [0.717, 1.165) is 5.92 Å². The Kier molecular flexibility index (Phi) is 4.82. The summed E-state index contributed by atoms with van der Waals surface area (Å²) in [6.45, 7) is 13.6. The van der Waals surface area contributed by atoms with Crippen LogP contribution >= 0.6 is 0 Å². The van der Waals surface area contributed by atoms with Crippen LogP contribution in [0.5, 0.6) is 0 Å². The van der Waals surface area contributed by atoms with Crippen LogP contribution in [0.2, 0.25) is 0 Å². The van der Waals surface area contributed by atoms with Crippen LogP contribution in [0.4, 0.5) is 0 Å². The molecule has 2 atom stereocenters. The molecule has 0 N–H and O–H groups in total. The van der Waals surface area contributed by atoms with Crippen LogP contribution in [0.15, 0.2) is 24.3 Å². The van der Waals surface area contributed by atoms with E-state index in [1.54, 1.807) is 0 Å². The lowest BCUT2D eigenvalue weighted by Crippen LogP contribution is -2.10. The Balaban J connectivity index is 1.72. The quantitative estimate of drug-likeness (QED) is 0.629. The van der Waals surface area contributed by atoms with Gasteiger partial charge in [-0.15, -0.1) is 0 Å². The van der Waals surface area contributed by atoms with Gasteiger partial charge >= 0.3 is 0 Å². The summed E-state index contributed by atoms with van der Waals surface area (Å²) in [7, 11) is 0. The Morgan fingerprint density at radius 3 is 2.14 bits per heavy atom. The van der Waals surface area contributed by atoms with E-state index in [9.17, 15) is 0 Å². The first-order valence-electron chi connectivity index (χ1n) is 8.46. The van der Waals surface area contributed by atoms with Gasteiger partial charge in [0, 0.05) is 0 Å². The number of hydrogen-bond acceptors (Lipinski definition) is 1. The van der Waals surface area contributed by atoms with E-state index in [0.29, 0.717) is 6.10 Å². The summed E-state index contributed by atoms with van der Waals surface area (Å²) >= 11 is 0. The molecule has 1 aromatic rings. The van der Waals surface area contributed by atoms with Crippen LogP contribution in [0.25, 0.3) is 0 Å². The van der Waals surface area contributed by atoms with Crippen molar-refractivity contribution in [2.45, 2.75) is 84.3 Å². The Bertz CT molecular complexity index is 450. The second kappa shape index (κ2) is 6.12. The molecule has 1 aliphatic heterocycles. The number of epoxide rings is 1. The minimum atomic E-state index is 0.155. The monoisotopic (exact) mass is 288 g/mol. The van der Waals surface area contributed by atoms with Crippen LogP contribution in [-0.4, -0.2) is 11.7 Å². The number of hydrogen-bond donors (Lipinski definition) is 0. The second-order valence-electron chi connectivity index (χ2n) is 8.38. The highest BCUT2D eigenvalue weighted by Gasteiger charge is 2.46. The van der Waals surface area contributed by atoms with Crippen molar-refractivity contribution in [3.63, 3.8) is 0 Å². The molecular weight excluding hydrogens is 256 g/mol. The van der Waals surface area contributed by atoms with Crippen molar-refractivity contribution in [3.05, 3.63) is 35.4 Å². The molecule has 2 unspecified atom stereocenters. The maximum absolute atomic E-state index is 5.66. The Morgan fingerprint density at radius 1 is 1.10 bits per heavy atom. The zero-order valence-corrected chi connectivity index (χ0v) is 14.7. The molecule has 0 aliphatic carbocycles. The van der Waals surface area contributed by atoms with E-state index < -0.39 is 0 Å². The molecule has 1 aromatic carbocycles. The van der Waals surface area contributed by atoms with Crippen LogP contribution in [0, 0.1) is 5.92 Å². The average molecular weight is 288 g/mol. The lowest BCUT2D eigenvalue weighted by Gasteiger charge is -2.19. The molecular formula is C20H32O. The van der Waals surface area contributed by atoms with Crippen molar-refractivity contribution in [1.82, 2.24) is 0 Å². The normalized spacial score (nSPS) is 22.1. The maximum atomic E-state index is 5.66. The van der Waals surface area contributed by atoms with Crippen molar-refractivity contribution in [2.75, 3.05) is 0 Å². The minimum Gasteiger partial charge on any atom is -0.367 e. The lowest BCUT2D eigenvalue weighted by molar-refractivity contribution is 0.313. The third-order valence-electron chi connectivity index (χ3n) is 4.83. The fraction of sp³-hybridized carbons (Fsp3) is 0.700. The van der Waals surface area contributed by atoms with Crippen molar-refractivity contribution in [1.29, 1.82) is 0 Å². The third kappa shape index (κ3) is 4.85. The molecule has 0 aromatic heterocycles. The van der Waals surface area contributed by atoms with E-state index in [4.69, 9.17) is 4.74 Å². The van der Waals surface area contributed by atoms with Gasteiger partial charge in [-0.3, -0.25) is 0 Å². The van der Waals surface area contributed by atoms with Crippen LogP contribution in [0.1, 0.15) is 71.9 Å². The molecule has 0 bridgehead atoms. The summed E-state index contributed by atoms with van der Waals surface area (Å²) in [5, 5.41) is 0. The first-order valence-corrected chi connectivity index (χ1v) is 8.46. The smallest absolute Gasteiger partial charge is 0.0892 e. The molecule has 0 amide bonds. The zero-order valence-electron chi connectivity index (χ0n) is 14.7. The van der Waals surface area contributed by atoms with Crippen molar-refractivity contribution in [3.8, 4) is 0 Å². The highest BCUT2D eigenvalue weighted by Crippen LogP contribution is 2.39. The van der Waals surface area contributed by atoms with Gasteiger partial charge in [0.1, 0.15) is 0 Å². The standard InChI is InChI=1S/C20H32O/c1-15(8-14-18-20(5,6)21-18)7-9-16-10-12-17(13-11-16)19(2,3)4/h10-13,15,18H,7-9,14H2,1-6H3. The van der Waals surface area contributed by atoms with E-state index in [1.807, 2.05) is 0 Å².